The Labute approximate surface area is 80.7 Å². The Morgan fingerprint density at radius 2 is 1.00 bits per heavy atom. The molecular formula is CAgBrCl4. The summed E-state index contributed by atoms with van der Waals surface area (Å²) in [4.78, 5) is 0. The first-order valence-corrected chi connectivity index (χ1v) is 5.77. The van der Waals surface area contributed by atoms with E-state index in [-0.39, 0.29) is 0 Å². The Kier molecular flexibility index (Phi) is 11.2. The van der Waals surface area contributed by atoms with Gasteiger partial charge in [-0.15, -0.1) is 0 Å². The van der Waals surface area contributed by atoms with Crippen molar-refractivity contribution in [2.75, 3.05) is 0 Å². The molecule has 7 heavy (non-hydrogen) atoms. The molecular weight excluding hydrogens is 342 g/mol. The van der Waals surface area contributed by atoms with E-state index in [0.29, 0.717) is 0 Å². The maximum absolute atomic E-state index is 4.83. The predicted molar refractivity (Wildman–Crippen MR) is 35.1 cm³/mol. The summed E-state index contributed by atoms with van der Waals surface area (Å²) in [6.07, 6.45) is 0. The Bertz CT molecular complexity index is 27.2. The first kappa shape index (κ1) is 12.1. The molecule has 0 spiro atoms. The first-order chi connectivity index (χ1) is 3.00. The van der Waals surface area contributed by atoms with Gasteiger partial charge in [0.1, 0.15) is 0 Å². The van der Waals surface area contributed by atoms with Crippen LogP contribution in [-0.2, 0) is 18.9 Å². The van der Waals surface area contributed by atoms with Gasteiger partial charge in [-0.1, -0.05) is 46.4 Å². The average Bonchev–Trinajstić information content (AvgIpc) is 1.36. The quantitative estimate of drug-likeness (QED) is 0.468. The second-order valence-electron chi connectivity index (χ2n) is 0.429. The first-order valence-electron chi connectivity index (χ1n) is 0.870. The van der Waals surface area contributed by atoms with Crippen LogP contribution in [0.2, 0.25) is 0 Å². The summed E-state index contributed by atoms with van der Waals surface area (Å²) in [6.45, 7) is 0. The van der Waals surface area contributed by atoms with Crippen molar-refractivity contribution in [2.45, 2.75) is 3.25 Å². The third kappa shape index (κ3) is 60.2. The molecule has 0 aliphatic heterocycles. The van der Waals surface area contributed by atoms with Crippen molar-refractivity contribution >= 4 is 59.4 Å². The van der Waals surface area contributed by atoms with Gasteiger partial charge >= 0.3 is 32.0 Å². The normalized spacial score (nSPS) is 9.57. The zero-order chi connectivity index (χ0) is 6.50. The van der Waals surface area contributed by atoms with Gasteiger partial charge in [-0.2, -0.15) is 0 Å². The minimum absolute atomic E-state index is 1.61. The third-order valence-electron chi connectivity index (χ3n) is 0. The summed E-state index contributed by atoms with van der Waals surface area (Å²) in [5, 5.41) is 0. The molecule has 0 nitrogen and oxygen atoms in total. The SMILES string of the molecule is ClC(Cl)(Cl)Cl.[Br][Ag]. The van der Waals surface area contributed by atoms with Crippen LogP contribution in [0.15, 0.2) is 0 Å². The standard InChI is InChI=1S/CCl4.Ag.BrH/c2-1(3,4)5;;/h;;1H/q;+1;/p-1. The van der Waals surface area contributed by atoms with E-state index in [1.165, 1.54) is 0 Å². The average molecular weight is 342 g/mol. The summed E-state index contributed by atoms with van der Waals surface area (Å²) < 4.78 is -1.61. The summed E-state index contributed by atoms with van der Waals surface area (Å²) in [6, 6.07) is 0. The molecule has 0 fully saturated rings. The van der Waals surface area contributed by atoms with Crippen LogP contribution in [0.4, 0.5) is 0 Å². The van der Waals surface area contributed by atoms with Crippen molar-refractivity contribution in [1.82, 2.24) is 0 Å². The molecule has 0 rings (SSSR count). The van der Waals surface area contributed by atoms with Crippen LogP contribution in [0.1, 0.15) is 0 Å². The van der Waals surface area contributed by atoms with Crippen LogP contribution in [0.25, 0.3) is 0 Å². The molecule has 0 N–H and O–H groups in total. The van der Waals surface area contributed by atoms with Crippen LogP contribution in [0, 0.1) is 0 Å². The number of alkyl halides is 4. The Balaban J connectivity index is 0. The molecule has 0 bridgehead atoms. The van der Waals surface area contributed by atoms with Crippen molar-refractivity contribution in [3.05, 3.63) is 0 Å². The zero-order valence-electron chi connectivity index (χ0n) is 2.69. The van der Waals surface area contributed by atoms with Crippen molar-refractivity contribution in [3.63, 3.8) is 0 Å². The van der Waals surface area contributed by atoms with Crippen LogP contribution in [0.3, 0.4) is 0 Å². The van der Waals surface area contributed by atoms with E-state index in [2.05, 4.69) is 32.0 Å². The third-order valence-corrected chi connectivity index (χ3v) is 0. The van der Waals surface area contributed by atoms with Crippen LogP contribution >= 0.6 is 59.4 Å². The molecule has 0 saturated carbocycles. The van der Waals surface area contributed by atoms with Gasteiger partial charge in [-0.3, -0.25) is 0 Å². The van der Waals surface area contributed by atoms with Crippen LogP contribution in [-0.4, -0.2) is 3.25 Å². The fraction of sp³-hybridized carbons (Fsp3) is 1.00. The topological polar surface area (TPSA) is 0 Å². The molecule has 0 amide bonds. The van der Waals surface area contributed by atoms with E-state index in [0.717, 1.165) is 0 Å². The van der Waals surface area contributed by atoms with Gasteiger partial charge in [0, 0.05) is 0 Å². The summed E-state index contributed by atoms with van der Waals surface area (Å²) >= 11 is 24.8. The summed E-state index contributed by atoms with van der Waals surface area (Å²) in [7, 11) is 0. The van der Waals surface area contributed by atoms with E-state index in [4.69, 9.17) is 46.4 Å². The van der Waals surface area contributed by atoms with E-state index in [1.807, 2.05) is 0 Å². The van der Waals surface area contributed by atoms with Crippen molar-refractivity contribution in [2.24, 2.45) is 0 Å². The van der Waals surface area contributed by atoms with E-state index >= 15 is 0 Å². The number of halogens is 5. The molecule has 0 aliphatic rings. The van der Waals surface area contributed by atoms with Crippen LogP contribution < -0.4 is 0 Å². The zero-order valence-corrected chi connectivity index (χ0v) is 8.78. The molecule has 6 heteroatoms. The molecule has 50 valence electrons. The van der Waals surface area contributed by atoms with E-state index in [1.54, 1.807) is 0 Å². The van der Waals surface area contributed by atoms with Crippen molar-refractivity contribution < 1.29 is 18.9 Å². The molecule has 0 saturated heterocycles. The summed E-state index contributed by atoms with van der Waals surface area (Å²) in [5.41, 5.74) is 0. The van der Waals surface area contributed by atoms with E-state index in [9.17, 15) is 0 Å². The van der Waals surface area contributed by atoms with Gasteiger partial charge in [-0.25, -0.2) is 0 Å². The molecule has 0 aliphatic carbocycles. The predicted octanol–water partition coefficient (Wildman–Crippen LogP) is 3.40. The Hall–Kier alpha value is 2.38. The number of rotatable bonds is 0. The van der Waals surface area contributed by atoms with Gasteiger partial charge in [0.2, 0.25) is 0 Å². The van der Waals surface area contributed by atoms with Crippen LogP contribution in [0.5, 0.6) is 0 Å². The van der Waals surface area contributed by atoms with Crippen molar-refractivity contribution in [1.29, 1.82) is 0 Å². The monoisotopic (exact) mass is 338 g/mol. The second-order valence-corrected chi connectivity index (χ2v) is 3.86. The summed E-state index contributed by atoms with van der Waals surface area (Å²) in [5.74, 6) is 0. The molecule has 0 unspecified atom stereocenters. The molecule has 0 heterocycles. The van der Waals surface area contributed by atoms with Gasteiger partial charge in [0.05, 0.1) is 0 Å². The molecule has 0 aromatic rings. The van der Waals surface area contributed by atoms with E-state index < -0.39 is 3.25 Å². The molecule has 0 radical (unpaired) electrons. The minimum atomic E-state index is -1.61. The fourth-order valence-electron chi connectivity index (χ4n) is 0. The number of hydrogen-bond acceptors (Lipinski definition) is 0. The molecule has 0 atom stereocenters. The van der Waals surface area contributed by atoms with Gasteiger partial charge in [-0.05, 0) is 0 Å². The molecule has 0 aromatic heterocycles. The second kappa shape index (κ2) is 6.50. The van der Waals surface area contributed by atoms with Gasteiger partial charge in [0.25, 0.3) is 3.25 Å². The molecule has 0 aromatic carbocycles. The maximum atomic E-state index is 4.83. The Morgan fingerprint density at radius 3 is 1.00 bits per heavy atom. The van der Waals surface area contributed by atoms with Crippen molar-refractivity contribution in [3.8, 4) is 0 Å². The number of hydrogen-bond donors (Lipinski definition) is 0. The van der Waals surface area contributed by atoms with Gasteiger partial charge in [0.15, 0.2) is 0 Å². The fourth-order valence-corrected chi connectivity index (χ4v) is 0. The Morgan fingerprint density at radius 1 is 1.00 bits per heavy atom. The van der Waals surface area contributed by atoms with Gasteiger partial charge < -0.3 is 0 Å².